The smallest absolute Gasteiger partial charge is 0.262 e. The summed E-state index contributed by atoms with van der Waals surface area (Å²) in [6.45, 7) is 3.84. The molecule has 0 radical (unpaired) electrons. The number of carbonyl (C=O) groups excluding carboxylic acids is 1. The van der Waals surface area contributed by atoms with Crippen molar-refractivity contribution in [2.24, 2.45) is 0 Å². The molecular weight excluding hydrogens is 426 g/mol. The Bertz CT molecular complexity index is 943. The number of hydrogen-bond donors (Lipinski definition) is 0. The van der Waals surface area contributed by atoms with Crippen LogP contribution in [0.15, 0.2) is 54.6 Å². The molecule has 0 bridgehead atoms. The fraction of sp³-hybridized carbons (Fsp3) is 0.440. The third kappa shape index (κ3) is 5.25. The molecule has 1 amide bonds. The Kier molecular flexibility index (Phi) is 7.66. The molecule has 0 unspecified atom stereocenters. The van der Waals surface area contributed by atoms with E-state index in [2.05, 4.69) is 22.0 Å². The van der Waals surface area contributed by atoms with Gasteiger partial charge in [-0.3, -0.25) is 9.78 Å². The van der Waals surface area contributed by atoms with Crippen LogP contribution in [0.4, 0.5) is 0 Å². The van der Waals surface area contributed by atoms with Gasteiger partial charge >= 0.3 is 0 Å². The van der Waals surface area contributed by atoms with E-state index in [-0.39, 0.29) is 11.8 Å². The lowest BCUT2D eigenvalue weighted by Gasteiger charge is -2.32. The number of rotatable bonds is 8. The summed E-state index contributed by atoms with van der Waals surface area (Å²) < 4.78 is 11.0. The Hall–Kier alpha value is -2.57. The maximum Gasteiger partial charge on any atom is 0.262 e. The summed E-state index contributed by atoms with van der Waals surface area (Å²) in [6, 6.07) is 11.4. The van der Waals surface area contributed by atoms with Gasteiger partial charge in [-0.1, -0.05) is 6.07 Å². The van der Waals surface area contributed by atoms with Crippen LogP contribution in [0.25, 0.3) is 0 Å². The number of halogens is 1. The molecule has 0 aliphatic carbocycles. The summed E-state index contributed by atoms with van der Waals surface area (Å²) in [6.07, 6.45) is 7.70. The van der Waals surface area contributed by atoms with E-state index in [4.69, 9.17) is 21.1 Å². The lowest BCUT2D eigenvalue weighted by atomic mass is 9.93. The van der Waals surface area contributed by atoms with Crippen molar-refractivity contribution in [1.29, 1.82) is 0 Å². The van der Waals surface area contributed by atoms with E-state index >= 15 is 0 Å². The maximum atomic E-state index is 13.2. The van der Waals surface area contributed by atoms with Gasteiger partial charge in [0.2, 0.25) is 0 Å². The second-order valence-corrected chi connectivity index (χ2v) is 8.52. The van der Waals surface area contributed by atoms with E-state index in [0.29, 0.717) is 35.2 Å². The van der Waals surface area contributed by atoms with Gasteiger partial charge in [0.25, 0.3) is 5.91 Å². The first-order chi connectivity index (χ1) is 15.7. The number of benzene rings is 1. The van der Waals surface area contributed by atoms with E-state index in [9.17, 15) is 4.79 Å². The van der Waals surface area contributed by atoms with Gasteiger partial charge in [-0.15, -0.1) is 11.6 Å². The van der Waals surface area contributed by atoms with E-state index in [1.807, 2.05) is 12.3 Å². The summed E-state index contributed by atoms with van der Waals surface area (Å²) >= 11 is 6.13. The van der Waals surface area contributed by atoms with Crippen LogP contribution in [-0.4, -0.2) is 59.9 Å². The minimum atomic E-state index is -0.0977. The number of aromatic nitrogens is 1. The van der Waals surface area contributed by atoms with Crippen LogP contribution >= 0.6 is 11.6 Å². The molecule has 3 heterocycles. The summed E-state index contributed by atoms with van der Waals surface area (Å²) in [5, 5.41) is 0. The topological polar surface area (TPSA) is 54.9 Å². The fourth-order valence-electron chi connectivity index (χ4n) is 4.40. The van der Waals surface area contributed by atoms with Crippen LogP contribution in [0.2, 0.25) is 0 Å². The number of methoxy groups -OCH3 is 1. The van der Waals surface area contributed by atoms with Crippen molar-refractivity contribution < 1.29 is 14.3 Å². The highest BCUT2D eigenvalue weighted by Crippen LogP contribution is 2.30. The number of pyridine rings is 1. The molecule has 4 rings (SSSR count). The van der Waals surface area contributed by atoms with Crippen LogP contribution in [0.1, 0.15) is 47.7 Å². The predicted octanol–water partition coefficient (Wildman–Crippen LogP) is 4.66. The van der Waals surface area contributed by atoms with Crippen LogP contribution < -0.4 is 9.47 Å². The zero-order valence-electron chi connectivity index (χ0n) is 18.5. The largest absolute Gasteiger partial charge is 0.497 e. The molecule has 7 heteroatoms. The first-order valence-electron chi connectivity index (χ1n) is 11.2. The van der Waals surface area contributed by atoms with Gasteiger partial charge in [0.15, 0.2) is 0 Å². The third-order valence-electron chi connectivity index (χ3n) is 6.27. The number of amides is 1. The van der Waals surface area contributed by atoms with E-state index in [0.717, 1.165) is 45.3 Å². The number of nitrogens with zero attached hydrogens (tertiary/aromatic N) is 3. The molecule has 2 aliphatic heterocycles. The van der Waals surface area contributed by atoms with Crippen LogP contribution in [0, 0.1) is 0 Å². The average molecular weight is 456 g/mol. The van der Waals surface area contributed by atoms with Crippen LogP contribution in [0.5, 0.6) is 11.5 Å². The van der Waals surface area contributed by atoms with Gasteiger partial charge in [-0.05, 0) is 75.6 Å². The Morgan fingerprint density at radius 3 is 2.69 bits per heavy atom. The number of carbonyl (C=O) groups is 1. The molecule has 1 fully saturated rings. The molecule has 1 aromatic heterocycles. The highest BCUT2D eigenvalue weighted by atomic mass is 35.5. The quantitative estimate of drug-likeness (QED) is 0.428. The second kappa shape index (κ2) is 10.8. The highest BCUT2D eigenvalue weighted by Gasteiger charge is 2.26. The molecule has 6 nitrogen and oxygen atoms in total. The third-order valence-corrected chi connectivity index (χ3v) is 6.54. The number of alkyl halides is 1. The number of hydrogen-bond acceptors (Lipinski definition) is 5. The number of unbranched alkanes of at least 4 members (excludes halogenated alkanes) is 1. The SMILES string of the molecule is COc1ccc2c(c1)C(=O)N(CCCCN1CCC(c3ccccn3)CC1)C(CCl)=CO2. The monoisotopic (exact) mass is 455 g/mol. The molecule has 32 heavy (non-hydrogen) atoms. The summed E-state index contributed by atoms with van der Waals surface area (Å²) in [5.74, 6) is 1.84. The standard InChI is InChI=1S/C25H30ClN3O3/c1-31-21-7-8-24-22(16-21)25(30)29(20(17-26)18-32-24)13-5-4-12-28-14-9-19(10-15-28)23-6-2-3-11-27-23/h2-3,6-8,11,16,18-19H,4-5,9-10,12-15,17H2,1H3. The summed E-state index contributed by atoms with van der Waals surface area (Å²) in [4.78, 5) is 22.0. The van der Waals surface area contributed by atoms with E-state index in [1.165, 1.54) is 5.69 Å². The molecule has 0 saturated carbocycles. The first-order valence-corrected chi connectivity index (χ1v) is 11.8. The molecular formula is C25H30ClN3O3. The average Bonchev–Trinajstić information content (AvgIpc) is 2.98. The molecule has 1 saturated heterocycles. The normalized spacial score (nSPS) is 17.4. The summed E-state index contributed by atoms with van der Waals surface area (Å²) in [5.41, 5.74) is 2.40. The Labute approximate surface area is 194 Å². The van der Waals surface area contributed by atoms with Crippen molar-refractivity contribution in [2.45, 2.75) is 31.6 Å². The molecule has 2 aliphatic rings. The number of fused-ring (bicyclic) bond motifs is 1. The second-order valence-electron chi connectivity index (χ2n) is 8.26. The fourth-order valence-corrected chi connectivity index (χ4v) is 4.61. The minimum Gasteiger partial charge on any atom is -0.497 e. The predicted molar refractivity (Wildman–Crippen MR) is 125 cm³/mol. The van der Waals surface area contributed by atoms with Crippen LogP contribution in [0.3, 0.4) is 0 Å². The van der Waals surface area contributed by atoms with Gasteiger partial charge in [0, 0.05) is 24.4 Å². The van der Waals surface area contributed by atoms with Crippen LogP contribution in [-0.2, 0) is 0 Å². The lowest BCUT2D eigenvalue weighted by Crippen LogP contribution is -2.35. The Morgan fingerprint density at radius 1 is 1.16 bits per heavy atom. The molecule has 0 N–H and O–H groups in total. The molecule has 1 aromatic carbocycles. The van der Waals surface area contributed by atoms with Gasteiger partial charge in [0.1, 0.15) is 17.8 Å². The molecule has 2 aromatic rings. The van der Waals surface area contributed by atoms with E-state index < -0.39 is 0 Å². The zero-order chi connectivity index (χ0) is 22.3. The molecule has 170 valence electrons. The zero-order valence-corrected chi connectivity index (χ0v) is 19.3. The number of likely N-dealkylation sites (tertiary alicyclic amines) is 1. The molecule has 0 atom stereocenters. The van der Waals surface area contributed by atoms with Crippen molar-refractivity contribution in [2.75, 3.05) is 39.2 Å². The lowest BCUT2D eigenvalue weighted by molar-refractivity contribution is 0.0804. The number of ether oxygens (including phenoxy) is 2. The maximum absolute atomic E-state index is 13.2. The Balaban J connectivity index is 1.28. The highest BCUT2D eigenvalue weighted by molar-refractivity contribution is 6.19. The van der Waals surface area contributed by atoms with E-state index in [1.54, 1.807) is 36.5 Å². The van der Waals surface area contributed by atoms with Crippen molar-refractivity contribution >= 4 is 17.5 Å². The van der Waals surface area contributed by atoms with Crippen molar-refractivity contribution in [3.63, 3.8) is 0 Å². The van der Waals surface area contributed by atoms with Crippen molar-refractivity contribution in [3.05, 3.63) is 65.8 Å². The van der Waals surface area contributed by atoms with Crippen molar-refractivity contribution in [3.8, 4) is 11.5 Å². The minimum absolute atomic E-state index is 0.0977. The number of allylic oxidation sites excluding steroid dienone is 1. The van der Waals surface area contributed by atoms with Gasteiger partial charge < -0.3 is 19.3 Å². The number of piperidine rings is 1. The van der Waals surface area contributed by atoms with Gasteiger partial charge in [0.05, 0.1) is 24.3 Å². The van der Waals surface area contributed by atoms with Gasteiger partial charge in [-0.2, -0.15) is 0 Å². The summed E-state index contributed by atoms with van der Waals surface area (Å²) in [7, 11) is 1.59. The Morgan fingerprint density at radius 2 is 1.97 bits per heavy atom. The van der Waals surface area contributed by atoms with Crippen molar-refractivity contribution in [1.82, 2.24) is 14.8 Å². The molecule has 0 spiro atoms. The first kappa shape index (κ1) is 22.6. The van der Waals surface area contributed by atoms with Gasteiger partial charge in [-0.25, -0.2) is 0 Å².